The normalized spacial score (nSPS) is 17.4. The summed E-state index contributed by atoms with van der Waals surface area (Å²) in [6.07, 6.45) is 6.95. The fourth-order valence-electron chi connectivity index (χ4n) is 2.73. The average Bonchev–Trinajstić information content (AvgIpc) is 2.90. The fraction of sp³-hybridized carbons (Fsp3) is 0.562. The fourth-order valence-corrected chi connectivity index (χ4v) is 2.73. The molecule has 0 spiro atoms. The van der Waals surface area contributed by atoms with Crippen molar-refractivity contribution in [1.82, 2.24) is 0 Å². The van der Waals surface area contributed by atoms with Crippen LogP contribution in [0, 0.1) is 5.92 Å². The smallest absolute Gasteiger partial charge is 0.224 e. The minimum absolute atomic E-state index is 0.0344. The quantitative estimate of drug-likeness (QED) is 0.849. The Kier molecular flexibility index (Phi) is 4.97. The van der Waals surface area contributed by atoms with Crippen LogP contribution in [-0.2, 0) is 4.79 Å². The van der Waals surface area contributed by atoms with Crippen molar-refractivity contribution in [2.75, 3.05) is 5.32 Å². The van der Waals surface area contributed by atoms with Crippen LogP contribution in [0.1, 0.15) is 57.1 Å². The van der Waals surface area contributed by atoms with E-state index in [1.807, 2.05) is 31.2 Å². The molecule has 1 amide bonds. The Labute approximate surface area is 115 Å². The van der Waals surface area contributed by atoms with E-state index in [4.69, 9.17) is 5.73 Å². The summed E-state index contributed by atoms with van der Waals surface area (Å²) in [6.45, 7) is 1.95. The average molecular weight is 260 g/mol. The number of nitrogens with two attached hydrogens (primary N) is 1. The summed E-state index contributed by atoms with van der Waals surface area (Å²) in [5, 5.41) is 2.95. The molecule has 104 valence electrons. The van der Waals surface area contributed by atoms with E-state index in [-0.39, 0.29) is 11.9 Å². The molecule has 1 aliphatic rings. The molecule has 19 heavy (non-hydrogen) atoms. The number of hydrogen-bond donors (Lipinski definition) is 2. The first-order chi connectivity index (χ1) is 9.15. The van der Waals surface area contributed by atoms with E-state index >= 15 is 0 Å². The number of nitrogens with one attached hydrogen (secondary N) is 1. The number of carbonyl (C=O) groups is 1. The monoisotopic (exact) mass is 260 g/mol. The van der Waals surface area contributed by atoms with Gasteiger partial charge in [-0.05, 0) is 37.0 Å². The molecule has 1 unspecified atom stereocenters. The van der Waals surface area contributed by atoms with Crippen LogP contribution in [0.2, 0.25) is 0 Å². The van der Waals surface area contributed by atoms with Gasteiger partial charge in [0.25, 0.3) is 0 Å². The summed E-state index contributed by atoms with van der Waals surface area (Å²) >= 11 is 0. The van der Waals surface area contributed by atoms with E-state index in [1.165, 1.54) is 25.7 Å². The number of rotatable bonds is 5. The number of carbonyl (C=O) groups excluding carboxylic acids is 1. The highest BCUT2D eigenvalue weighted by atomic mass is 16.1. The van der Waals surface area contributed by atoms with Crippen LogP contribution in [-0.4, -0.2) is 5.91 Å². The zero-order valence-electron chi connectivity index (χ0n) is 11.7. The van der Waals surface area contributed by atoms with Crippen molar-refractivity contribution < 1.29 is 4.79 Å². The van der Waals surface area contributed by atoms with Gasteiger partial charge in [-0.25, -0.2) is 0 Å². The Morgan fingerprint density at radius 3 is 2.53 bits per heavy atom. The number of hydrogen-bond acceptors (Lipinski definition) is 2. The minimum Gasteiger partial charge on any atom is -0.326 e. The van der Waals surface area contributed by atoms with Gasteiger partial charge in [0.2, 0.25) is 5.91 Å². The molecule has 1 saturated carbocycles. The zero-order chi connectivity index (χ0) is 13.7. The van der Waals surface area contributed by atoms with Crippen LogP contribution in [0.3, 0.4) is 0 Å². The lowest BCUT2D eigenvalue weighted by atomic mass is 10.0. The van der Waals surface area contributed by atoms with Crippen molar-refractivity contribution in [3.63, 3.8) is 0 Å². The predicted octanol–water partition coefficient (Wildman–Crippen LogP) is 3.62. The van der Waals surface area contributed by atoms with Crippen LogP contribution >= 0.6 is 0 Å². The molecule has 1 aliphatic carbocycles. The molecule has 0 saturated heterocycles. The second-order valence-electron chi connectivity index (χ2n) is 5.65. The topological polar surface area (TPSA) is 55.1 Å². The summed E-state index contributed by atoms with van der Waals surface area (Å²) in [4.78, 5) is 11.9. The van der Waals surface area contributed by atoms with Crippen LogP contribution in [0.25, 0.3) is 0 Å². The lowest BCUT2D eigenvalue weighted by Crippen LogP contribution is -2.13. The van der Waals surface area contributed by atoms with Gasteiger partial charge in [-0.1, -0.05) is 37.8 Å². The molecule has 3 nitrogen and oxygen atoms in total. The Bertz CT molecular complexity index is 405. The van der Waals surface area contributed by atoms with Crippen molar-refractivity contribution in [2.45, 2.75) is 51.5 Å². The Morgan fingerprint density at radius 1 is 1.32 bits per heavy atom. The van der Waals surface area contributed by atoms with Gasteiger partial charge in [0.15, 0.2) is 0 Å². The number of anilines is 1. The number of benzene rings is 1. The maximum atomic E-state index is 11.9. The van der Waals surface area contributed by atoms with Crippen LogP contribution in [0.15, 0.2) is 24.3 Å². The first-order valence-electron chi connectivity index (χ1n) is 7.30. The molecule has 1 aromatic rings. The van der Waals surface area contributed by atoms with Gasteiger partial charge in [0, 0.05) is 18.2 Å². The predicted molar refractivity (Wildman–Crippen MR) is 78.9 cm³/mol. The second kappa shape index (κ2) is 6.71. The van der Waals surface area contributed by atoms with Gasteiger partial charge >= 0.3 is 0 Å². The van der Waals surface area contributed by atoms with Gasteiger partial charge in [0.05, 0.1) is 0 Å². The lowest BCUT2D eigenvalue weighted by Gasteiger charge is -2.10. The SMILES string of the molecule is CC(N)c1ccc(NC(=O)CCC2CCCC2)cc1. The maximum Gasteiger partial charge on any atom is 0.224 e. The highest BCUT2D eigenvalue weighted by Crippen LogP contribution is 2.28. The third-order valence-corrected chi connectivity index (χ3v) is 3.97. The molecule has 0 aromatic heterocycles. The van der Waals surface area contributed by atoms with Crippen molar-refractivity contribution in [3.8, 4) is 0 Å². The summed E-state index contributed by atoms with van der Waals surface area (Å²) in [5.74, 6) is 0.895. The van der Waals surface area contributed by atoms with Crippen LogP contribution < -0.4 is 11.1 Å². The number of amides is 1. The van der Waals surface area contributed by atoms with E-state index < -0.39 is 0 Å². The molecule has 0 bridgehead atoms. The Morgan fingerprint density at radius 2 is 1.95 bits per heavy atom. The molecule has 0 radical (unpaired) electrons. The third kappa shape index (κ3) is 4.35. The molecule has 0 aliphatic heterocycles. The van der Waals surface area contributed by atoms with Crippen molar-refractivity contribution >= 4 is 11.6 Å². The highest BCUT2D eigenvalue weighted by molar-refractivity contribution is 5.90. The van der Waals surface area contributed by atoms with Crippen molar-refractivity contribution in [3.05, 3.63) is 29.8 Å². The molecule has 2 rings (SSSR count). The van der Waals surface area contributed by atoms with Gasteiger partial charge in [-0.2, -0.15) is 0 Å². The molecular formula is C16H24N2O. The maximum absolute atomic E-state index is 11.9. The largest absolute Gasteiger partial charge is 0.326 e. The summed E-state index contributed by atoms with van der Waals surface area (Å²) in [6, 6.07) is 7.82. The van der Waals surface area contributed by atoms with Gasteiger partial charge < -0.3 is 11.1 Å². The third-order valence-electron chi connectivity index (χ3n) is 3.97. The van der Waals surface area contributed by atoms with Crippen molar-refractivity contribution in [2.24, 2.45) is 11.7 Å². The van der Waals surface area contributed by atoms with Crippen LogP contribution in [0.5, 0.6) is 0 Å². The summed E-state index contributed by atoms with van der Waals surface area (Å²) < 4.78 is 0. The Hall–Kier alpha value is -1.35. The molecule has 1 atom stereocenters. The standard InChI is InChI=1S/C16H24N2O/c1-12(17)14-7-9-15(10-8-14)18-16(19)11-6-13-4-2-3-5-13/h7-10,12-13H,2-6,11,17H2,1H3,(H,18,19). The Balaban J connectivity index is 1.77. The molecular weight excluding hydrogens is 236 g/mol. The lowest BCUT2D eigenvalue weighted by molar-refractivity contribution is -0.116. The first-order valence-corrected chi connectivity index (χ1v) is 7.30. The molecule has 1 aromatic carbocycles. The van der Waals surface area contributed by atoms with E-state index in [2.05, 4.69) is 5.32 Å². The van der Waals surface area contributed by atoms with Gasteiger partial charge in [-0.3, -0.25) is 4.79 Å². The molecule has 3 N–H and O–H groups in total. The van der Waals surface area contributed by atoms with Gasteiger partial charge in [-0.15, -0.1) is 0 Å². The molecule has 3 heteroatoms. The second-order valence-corrected chi connectivity index (χ2v) is 5.65. The zero-order valence-corrected chi connectivity index (χ0v) is 11.7. The first kappa shape index (κ1) is 14.1. The van der Waals surface area contributed by atoms with E-state index in [0.717, 1.165) is 23.6 Å². The summed E-state index contributed by atoms with van der Waals surface area (Å²) in [5.41, 5.74) is 7.74. The summed E-state index contributed by atoms with van der Waals surface area (Å²) in [7, 11) is 0. The van der Waals surface area contributed by atoms with E-state index in [0.29, 0.717) is 6.42 Å². The minimum atomic E-state index is 0.0344. The van der Waals surface area contributed by atoms with Gasteiger partial charge in [0.1, 0.15) is 0 Å². The van der Waals surface area contributed by atoms with E-state index in [1.54, 1.807) is 0 Å². The van der Waals surface area contributed by atoms with Crippen LogP contribution in [0.4, 0.5) is 5.69 Å². The highest BCUT2D eigenvalue weighted by Gasteiger charge is 2.16. The molecule has 0 heterocycles. The van der Waals surface area contributed by atoms with Crippen molar-refractivity contribution in [1.29, 1.82) is 0 Å². The van der Waals surface area contributed by atoms with E-state index in [9.17, 15) is 4.79 Å². The molecule has 1 fully saturated rings.